The molecule has 4 aromatic rings. The van der Waals surface area contributed by atoms with Crippen LogP contribution in [0.4, 0.5) is 5.69 Å². The SMILES string of the molecule is O=C(NC1Cc2ccccc2NC1=O)c1ccc(CSc2nc3ccccc3[nH]2)cc1. The minimum absolute atomic E-state index is 0.189. The van der Waals surface area contributed by atoms with Crippen molar-refractivity contribution in [2.24, 2.45) is 0 Å². The van der Waals surface area contributed by atoms with E-state index >= 15 is 0 Å². The Labute approximate surface area is 183 Å². The molecule has 1 unspecified atom stereocenters. The Kier molecular flexibility index (Phi) is 5.18. The van der Waals surface area contributed by atoms with Crippen LogP contribution in [0.5, 0.6) is 0 Å². The van der Waals surface area contributed by atoms with Crippen molar-refractivity contribution in [2.45, 2.75) is 23.4 Å². The molecule has 0 radical (unpaired) electrons. The van der Waals surface area contributed by atoms with E-state index < -0.39 is 6.04 Å². The van der Waals surface area contributed by atoms with E-state index in [2.05, 4.69) is 20.6 Å². The van der Waals surface area contributed by atoms with Gasteiger partial charge in [0.1, 0.15) is 6.04 Å². The summed E-state index contributed by atoms with van der Waals surface area (Å²) in [5, 5.41) is 6.57. The molecule has 1 atom stereocenters. The van der Waals surface area contributed by atoms with E-state index in [0.717, 1.165) is 38.8 Å². The number of carbonyl (C=O) groups excluding carboxylic acids is 2. The number of aromatic nitrogens is 2. The van der Waals surface area contributed by atoms with Crippen LogP contribution >= 0.6 is 11.8 Å². The molecule has 1 aliphatic heterocycles. The Balaban J connectivity index is 1.20. The lowest BCUT2D eigenvalue weighted by molar-refractivity contribution is -0.118. The van der Waals surface area contributed by atoms with Gasteiger partial charge < -0.3 is 15.6 Å². The molecule has 3 N–H and O–H groups in total. The van der Waals surface area contributed by atoms with Crippen LogP contribution < -0.4 is 10.6 Å². The first-order valence-corrected chi connectivity index (χ1v) is 11.0. The molecule has 7 heteroatoms. The van der Waals surface area contributed by atoms with Gasteiger partial charge in [-0.25, -0.2) is 4.98 Å². The molecular formula is C24H20N4O2S. The first kappa shape index (κ1) is 19.4. The summed E-state index contributed by atoms with van der Waals surface area (Å²) in [6, 6.07) is 22.4. The second-order valence-corrected chi connectivity index (χ2v) is 8.39. The van der Waals surface area contributed by atoms with Gasteiger partial charge in [0, 0.05) is 23.4 Å². The molecule has 1 aromatic heterocycles. The van der Waals surface area contributed by atoms with Gasteiger partial charge in [-0.1, -0.05) is 54.2 Å². The van der Waals surface area contributed by atoms with Crippen molar-refractivity contribution in [1.29, 1.82) is 0 Å². The zero-order valence-corrected chi connectivity index (χ0v) is 17.4. The van der Waals surface area contributed by atoms with Crippen molar-refractivity contribution in [1.82, 2.24) is 15.3 Å². The number of nitrogens with one attached hydrogen (secondary N) is 3. The van der Waals surface area contributed by atoms with E-state index in [0.29, 0.717) is 12.0 Å². The third-order valence-electron chi connectivity index (χ3n) is 5.28. The number of para-hydroxylation sites is 3. The zero-order chi connectivity index (χ0) is 21.2. The maximum absolute atomic E-state index is 12.6. The molecule has 0 spiro atoms. The minimum Gasteiger partial charge on any atom is -0.340 e. The molecule has 0 aliphatic carbocycles. The summed E-state index contributed by atoms with van der Waals surface area (Å²) in [4.78, 5) is 32.8. The number of hydrogen-bond donors (Lipinski definition) is 3. The van der Waals surface area contributed by atoms with E-state index in [9.17, 15) is 9.59 Å². The maximum Gasteiger partial charge on any atom is 0.251 e. The zero-order valence-electron chi connectivity index (χ0n) is 16.6. The number of hydrogen-bond acceptors (Lipinski definition) is 4. The third kappa shape index (κ3) is 4.18. The number of anilines is 1. The van der Waals surface area contributed by atoms with Crippen LogP contribution in [-0.2, 0) is 17.0 Å². The first-order chi connectivity index (χ1) is 15.2. The van der Waals surface area contributed by atoms with Crippen molar-refractivity contribution in [3.05, 3.63) is 89.5 Å². The lowest BCUT2D eigenvalue weighted by Crippen LogP contribution is -2.47. The molecule has 0 saturated heterocycles. The summed E-state index contributed by atoms with van der Waals surface area (Å²) < 4.78 is 0. The number of aromatic amines is 1. The van der Waals surface area contributed by atoms with E-state index in [1.165, 1.54) is 0 Å². The molecule has 5 rings (SSSR count). The molecule has 6 nitrogen and oxygen atoms in total. The quantitative estimate of drug-likeness (QED) is 0.417. The standard InChI is InChI=1S/C24H20N4O2S/c29-22(26-21-13-17-5-1-2-6-18(17)25-23(21)30)16-11-9-15(10-12-16)14-31-24-27-19-7-3-4-8-20(19)28-24/h1-12,21H,13-14H2,(H,25,30)(H,26,29)(H,27,28). The van der Waals surface area contributed by atoms with Crippen LogP contribution in [0.2, 0.25) is 0 Å². The number of nitrogens with zero attached hydrogens (tertiary/aromatic N) is 1. The molecule has 3 aromatic carbocycles. The largest absolute Gasteiger partial charge is 0.340 e. The fraction of sp³-hybridized carbons (Fsp3) is 0.125. The van der Waals surface area contributed by atoms with Gasteiger partial charge in [0.15, 0.2) is 5.16 Å². The Morgan fingerprint density at radius 2 is 1.81 bits per heavy atom. The summed E-state index contributed by atoms with van der Waals surface area (Å²) in [5.41, 5.74) is 5.42. The number of fused-ring (bicyclic) bond motifs is 2. The third-order valence-corrected chi connectivity index (χ3v) is 6.22. The number of rotatable bonds is 5. The summed E-state index contributed by atoms with van der Waals surface area (Å²) in [5.74, 6) is 0.297. The van der Waals surface area contributed by atoms with Crippen molar-refractivity contribution in [3.8, 4) is 0 Å². The summed E-state index contributed by atoms with van der Waals surface area (Å²) in [6.45, 7) is 0. The summed E-state index contributed by atoms with van der Waals surface area (Å²) in [7, 11) is 0. The van der Waals surface area contributed by atoms with Crippen molar-refractivity contribution in [3.63, 3.8) is 0 Å². The second kappa shape index (κ2) is 8.28. The molecule has 154 valence electrons. The van der Waals surface area contributed by atoms with E-state index in [1.54, 1.807) is 23.9 Å². The van der Waals surface area contributed by atoms with Gasteiger partial charge >= 0.3 is 0 Å². The van der Waals surface area contributed by atoms with Gasteiger partial charge in [-0.2, -0.15) is 0 Å². The number of thioether (sulfide) groups is 1. The average molecular weight is 429 g/mol. The normalized spacial score (nSPS) is 15.4. The van der Waals surface area contributed by atoms with Gasteiger partial charge in [-0.15, -0.1) is 0 Å². The van der Waals surface area contributed by atoms with Crippen molar-refractivity contribution >= 4 is 40.3 Å². The van der Waals surface area contributed by atoms with Crippen LogP contribution in [0.1, 0.15) is 21.5 Å². The van der Waals surface area contributed by atoms with Crippen LogP contribution in [0.3, 0.4) is 0 Å². The molecule has 0 fully saturated rings. The molecule has 2 amide bonds. The number of benzene rings is 3. The van der Waals surface area contributed by atoms with Crippen LogP contribution in [-0.4, -0.2) is 27.8 Å². The van der Waals surface area contributed by atoms with E-state index in [4.69, 9.17) is 0 Å². The minimum atomic E-state index is -0.578. The molecule has 2 heterocycles. The second-order valence-electron chi connectivity index (χ2n) is 7.42. The molecular weight excluding hydrogens is 408 g/mol. The Morgan fingerprint density at radius 1 is 1.03 bits per heavy atom. The van der Waals surface area contributed by atoms with Gasteiger partial charge in [0.05, 0.1) is 11.0 Å². The molecule has 31 heavy (non-hydrogen) atoms. The highest BCUT2D eigenvalue weighted by molar-refractivity contribution is 7.98. The highest BCUT2D eigenvalue weighted by atomic mass is 32.2. The Bertz CT molecular complexity index is 1230. The van der Waals surface area contributed by atoms with E-state index in [1.807, 2.05) is 60.7 Å². The fourth-order valence-corrected chi connectivity index (χ4v) is 4.45. The first-order valence-electron chi connectivity index (χ1n) is 10.0. The lowest BCUT2D eigenvalue weighted by Gasteiger charge is -2.25. The molecule has 1 aliphatic rings. The lowest BCUT2D eigenvalue weighted by atomic mass is 9.98. The molecule has 0 bridgehead atoms. The van der Waals surface area contributed by atoms with Gasteiger partial charge in [-0.05, 0) is 41.5 Å². The molecule has 0 saturated carbocycles. The van der Waals surface area contributed by atoms with E-state index in [-0.39, 0.29) is 11.8 Å². The van der Waals surface area contributed by atoms with Crippen molar-refractivity contribution < 1.29 is 9.59 Å². The Hall–Kier alpha value is -3.58. The van der Waals surface area contributed by atoms with Crippen molar-refractivity contribution in [2.75, 3.05) is 5.32 Å². The predicted molar refractivity (Wildman–Crippen MR) is 122 cm³/mol. The highest BCUT2D eigenvalue weighted by Crippen LogP contribution is 2.24. The highest BCUT2D eigenvalue weighted by Gasteiger charge is 2.27. The maximum atomic E-state index is 12.6. The summed E-state index contributed by atoms with van der Waals surface area (Å²) >= 11 is 1.62. The van der Waals surface area contributed by atoms with Crippen LogP contribution in [0.15, 0.2) is 78.0 Å². The predicted octanol–water partition coefficient (Wildman–Crippen LogP) is 4.15. The topological polar surface area (TPSA) is 86.9 Å². The monoisotopic (exact) mass is 428 g/mol. The number of imidazole rings is 1. The Morgan fingerprint density at radius 3 is 2.65 bits per heavy atom. The number of carbonyl (C=O) groups is 2. The van der Waals surface area contributed by atoms with Gasteiger partial charge in [0.2, 0.25) is 5.91 Å². The fourth-order valence-electron chi connectivity index (χ4n) is 3.61. The number of H-pyrrole nitrogens is 1. The smallest absolute Gasteiger partial charge is 0.251 e. The van der Waals surface area contributed by atoms with Crippen LogP contribution in [0, 0.1) is 0 Å². The van der Waals surface area contributed by atoms with Gasteiger partial charge in [0.25, 0.3) is 5.91 Å². The number of amides is 2. The van der Waals surface area contributed by atoms with Gasteiger partial charge in [-0.3, -0.25) is 9.59 Å². The summed E-state index contributed by atoms with van der Waals surface area (Å²) in [6.07, 6.45) is 0.486. The van der Waals surface area contributed by atoms with Crippen LogP contribution in [0.25, 0.3) is 11.0 Å². The average Bonchev–Trinajstić information content (AvgIpc) is 3.21.